The summed E-state index contributed by atoms with van der Waals surface area (Å²) in [4.78, 5) is 26.5. The predicted molar refractivity (Wildman–Crippen MR) is 157 cm³/mol. The van der Waals surface area contributed by atoms with Gasteiger partial charge in [-0.25, -0.2) is 28.1 Å². The Morgan fingerprint density at radius 1 is 0.780 bits per heavy atom. The van der Waals surface area contributed by atoms with Crippen molar-refractivity contribution >= 4 is 38.5 Å². The minimum atomic E-state index is -3.94. The smallest absolute Gasteiger partial charge is 0.264 e. The summed E-state index contributed by atoms with van der Waals surface area (Å²) in [6.45, 7) is 3.51. The van der Waals surface area contributed by atoms with E-state index in [1.807, 2.05) is 30.3 Å². The lowest BCUT2D eigenvalue weighted by Crippen LogP contribution is -2.16. The standard InChI is InChI=1S/C30H27N5O5S/c1-18-15-19(2)32-30(31-18)35-41(37,38)22-12-10-21(11-13-22)33-29(36)24-17-26(34-25-8-6-5-7-23(24)25)20-9-14-27(39-3)28(16-20)40-4/h5-17H,1-4H3,(H,33,36)(H,31,32,35). The average molecular weight is 570 g/mol. The number of methoxy groups -OCH3 is 2. The highest BCUT2D eigenvalue weighted by Crippen LogP contribution is 2.33. The van der Waals surface area contributed by atoms with Crippen molar-refractivity contribution in [3.8, 4) is 22.8 Å². The van der Waals surface area contributed by atoms with Gasteiger partial charge in [0.1, 0.15) is 0 Å². The van der Waals surface area contributed by atoms with Gasteiger partial charge in [0.15, 0.2) is 11.5 Å². The number of aryl methyl sites for hydroxylation is 2. The third-order valence-corrected chi connectivity index (χ3v) is 7.61. The maximum atomic E-state index is 13.5. The monoisotopic (exact) mass is 569 g/mol. The van der Waals surface area contributed by atoms with Gasteiger partial charge >= 0.3 is 0 Å². The van der Waals surface area contributed by atoms with E-state index < -0.39 is 10.0 Å². The number of benzene rings is 3. The summed E-state index contributed by atoms with van der Waals surface area (Å²) < 4.78 is 38.9. The number of hydrogen-bond acceptors (Lipinski definition) is 8. The van der Waals surface area contributed by atoms with Crippen molar-refractivity contribution in [1.82, 2.24) is 15.0 Å². The molecule has 0 aliphatic carbocycles. The van der Waals surface area contributed by atoms with Crippen LogP contribution in [0.5, 0.6) is 11.5 Å². The van der Waals surface area contributed by atoms with Crippen LogP contribution in [0.1, 0.15) is 21.7 Å². The van der Waals surface area contributed by atoms with Crippen LogP contribution < -0.4 is 19.5 Å². The van der Waals surface area contributed by atoms with Gasteiger partial charge in [-0.15, -0.1) is 0 Å². The van der Waals surface area contributed by atoms with Crippen molar-refractivity contribution < 1.29 is 22.7 Å². The highest BCUT2D eigenvalue weighted by Gasteiger charge is 2.18. The second-order valence-electron chi connectivity index (χ2n) is 9.20. The van der Waals surface area contributed by atoms with E-state index in [2.05, 4.69) is 20.0 Å². The highest BCUT2D eigenvalue weighted by molar-refractivity contribution is 7.92. The van der Waals surface area contributed by atoms with E-state index in [-0.39, 0.29) is 16.8 Å². The molecule has 0 saturated carbocycles. The molecule has 2 N–H and O–H groups in total. The van der Waals surface area contributed by atoms with Crippen LogP contribution in [-0.4, -0.2) is 43.5 Å². The van der Waals surface area contributed by atoms with Crippen LogP contribution in [0.15, 0.2) is 83.8 Å². The molecule has 5 aromatic rings. The molecule has 0 aliphatic heterocycles. The molecule has 0 bridgehead atoms. The maximum absolute atomic E-state index is 13.5. The molecule has 2 aromatic heterocycles. The number of hydrogen-bond donors (Lipinski definition) is 2. The van der Waals surface area contributed by atoms with Crippen molar-refractivity contribution in [2.24, 2.45) is 0 Å². The number of carbonyl (C=O) groups is 1. The van der Waals surface area contributed by atoms with Gasteiger partial charge in [-0.1, -0.05) is 18.2 Å². The first-order chi connectivity index (χ1) is 19.7. The van der Waals surface area contributed by atoms with Gasteiger partial charge < -0.3 is 14.8 Å². The SMILES string of the molecule is COc1ccc(-c2cc(C(=O)Nc3ccc(S(=O)(=O)Nc4nc(C)cc(C)n4)cc3)c3ccccc3n2)cc1OC. The molecule has 0 fully saturated rings. The number of anilines is 2. The second kappa shape index (κ2) is 11.2. The Labute approximate surface area is 237 Å². The van der Waals surface area contributed by atoms with Crippen LogP contribution in [0.4, 0.5) is 11.6 Å². The fraction of sp³-hybridized carbons (Fsp3) is 0.133. The molecule has 41 heavy (non-hydrogen) atoms. The minimum Gasteiger partial charge on any atom is -0.493 e. The lowest BCUT2D eigenvalue weighted by molar-refractivity contribution is 0.102. The molecule has 10 nitrogen and oxygen atoms in total. The first-order valence-electron chi connectivity index (χ1n) is 12.6. The lowest BCUT2D eigenvalue weighted by atomic mass is 10.0. The quantitative estimate of drug-likeness (QED) is 0.255. The summed E-state index contributed by atoms with van der Waals surface area (Å²) in [5, 5.41) is 3.53. The van der Waals surface area contributed by atoms with E-state index in [4.69, 9.17) is 14.5 Å². The fourth-order valence-corrected chi connectivity index (χ4v) is 5.32. The third-order valence-electron chi connectivity index (χ3n) is 6.27. The van der Waals surface area contributed by atoms with E-state index in [1.165, 1.54) is 24.3 Å². The van der Waals surface area contributed by atoms with Crippen LogP contribution in [0.3, 0.4) is 0 Å². The molecule has 0 atom stereocenters. The number of aromatic nitrogens is 3. The van der Waals surface area contributed by atoms with Gasteiger partial charge in [-0.3, -0.25) is 4.79 Å². The summed E-state index contributed by atoms with van der Waals surface area (Å²) in [6, 6.07) is 22.1. The molecule has 0 unspecified atom stereocenters. The zero-order valence-electron chi connectivity index (χ0n) is 22.8. The maximum Gasteiger partial charge on any atom is 0.264 e. The largest absolute Gasteiger partial charge is 0.493 e. The molecule has 5 rings (SSSR count). The Kier molecular flexibility index (Phi) is 7.54. The van der Waals surface area contributed by atoms with E-state index >= 15 is 0 Å². The molecule has 0 radical (unpaired) electrons. The molecular formula is C30H27N5O5S. The first-order valence-corrected chi connectivity index (χ1v) is 14.0. The number of carbonyl (C=O) groups excluding carboxylic acids is 1. The third kappa shape index (κ3) is 5.94. The number of pyridine rings is 1. The Morgan fingerprint density at radius 2 is 1.46 bits per heavy atom. The molecule has 3 aromatic carbocycles. The Morgan fingerprint density at radius 3 is 2.15 bits per heavy atom. The van der Waals surface area contributed by atoms with Crippen LogP contribution in [-0.2, 0) is 10.0 Å². The van der Waals surface area contributed by atoms with Crippen molar-refractivity contribution in [3.05, 3.63) is 95.8 Å². The highest BCUT2D eigenvalue weighted by atomic mass is 32.2. The number of sulfonamides is 1. The molecule has 0 spiro atoms. The number of nitrogens with zero attached hydrogens (tertiary/aromatic N) is 3. The number of nitrogens with one attached hydrogen (secondary N) is 2. The molecule has 208 valence electrons. The van der Waals surface area contributed by atoms with Crippen LogP contribution >= 0.6 is 0 Å². The zero-order valence-corrected chi connectivity index (χ0v) is 23.6. The Hall–Kier alpha value is -5.03. The summed E-state index contributed by atoms with van der Waals surface area (Å²) in [5.74, 6) is 0.745. The average Bonchev–Trinajstić information content (AvgIpc) is 2.95. The van der Waals surface area contributed by atoms with E-state index in [0.29, 0.717) is 50.7 Å². The summed E-state index contributed by atoms with van der Waals surface area (Å²) in [5.41, 5.74) is 4.09. The minimum absolute atomic E-state index is 0.00311. The second-order valence-corrected chi connectivity index (χ2v) is 10.9. The number of rotatable bonds is 8. The van der Waals surface area contributed by atoms with E-state index in [9.17, 15) is 13.2 Å². The van der Waals surface area contributed by atoms with Gasteiger partial charge in [-0.2, -0.15) is 0 Å². The van der Waals surface area contributed by atoms with Crippen LogP contribution in [0.2, 0.25) is 0 Å². The van der Waals surface area contributed by atoms with Gasteiger partial charge in [0.2, 0.25) is 5.95 Å². The molecule has 11 heteroatoms. The Bertz CT molecular complexity index is 1860. The fourth-order valence-electron chi connectivity index (χ4n) is 4.37. The first kappa shape index (κ1) is 27.5. The van der Waals surface area contributed by atoms with Crippen LogP contribution in [0.25, 0.3) is 22.2 Å². The molecule has 1 amide bonds. The zero-order chi connectivity index (χ0) is 29.1. The van der Waals surface area contributed by atoms with Gasteiger partial charge in [-0.05, 0) is 74.5 Å². The Balaban J connectivity index is 1.42. The van der Waals surface area contributed by atoms with E-state index in [0.717, 1.165) is 5.56 Å². The number of amides is 1. The summed E-state index contributed by atoms with van der Waals surface area (Å²) >= 11 is 0. The molecule has 0 aliphatic rings. The molecule has 2 heterocycles. The van der Waals surface area contributed by atoms with Gasteiger partial charge in [0.25, 0.3) is 15.9 Å². The summed E-state index contributed by atoms with van der Waals surface area (Å²) in [7, 11) is -0.820. The normalized spacial score (nSPS) is 11.2. The number of para-hydroxylation sites is 1. The van der Waals surface area contributed by atoms with Crippen molar-refractivity contribution in [2.75, 3.05) is 24.3 Å². The predicted octanol–water partition coefficient (Wildman–Crippen LogP) is 5.38. The van der Waals surface area contributed by atoms with E-state index in [1.54, 1.807) is 52.3 Å². The number of ether oxygens (including phenoxy) is 2. The van der Waals surface area contributed by atoms with Crippen molar-refractivity contribution in [2.45, 2.75) is 18.7 Å². The van der Waals surface area contributed by atoms with Crippen molar-refractivity contribution in [3.63, 3.8) is 0 Å². The lowest BCUT2D eigenvalue weighted by Gasteiger charge is -2.13. The molecular weight excluding hydrogens is 542 g/mol. The number of fused-ring (bicyclic) bond motifs is 1. The topological polar surface area (TPSA) is 132 Å². The summed E-state index contributed by atoms with van der Waals surface area (Å²) in [6.07, 6.45) is 0. The molecule has 0 saturated heterocycles. The van der Waals surface area contributed by atoms with Crippen LogP contribution in [0, 0.1) is 13.8 Å². The van der Waals surface area contributed by atoms with Gasteiger partial charge in [0.05, 0.1) is 35.9 Å². The van der Waals surface area contributed by atoms with Gasteiger partial charge in [0, 0.05) is 28.0 Å². The van der Waals surface area contributed by atoms with Crippen molar-refractivity contribution in [1.29, 1.82) is 0 Å².